The maximum absolute atomic E-state index is 13.9. The van der Waals surface area contributed by atoms with Crippen LogP contribution < -0.4 is 15.0 Å². The van der Waals surface area contributed by atoms with Gasteiger partial charge in [0.15, 0.2) is 0 Å². The van der Waals surface area contributed by atoms with Crippen molar-refractivity contribution in [1.82, 2.24) is 5.32 Å². The van der Waals surface area contributed by atoms with Crippen molar-refractivity contribution >= 4 is 17.5 Å². The van der Waals surface area contributed by atoms with Crippen molar-refractivity contribution < 1.29 is 23.1 Å². The fraction of sp³-hybridized carbons (Fsp3) is 0.333. The van der Waals surface area contributed by atoms with Gasteiger partial charge < -0.3 is 15.0 Å². The van der Waals surface area contributed by atoms with Crippen LogP contribution in [0.5, 0.6) is 5.75 Å². The van der Waals surface area contributed by atoms with Gasteiger partial charge in [0, 0.05) is 24.6 Å². The van der Waals surface area contributed by atoms with Crippen LogP contribution in [-0.4, -0.2) is 25.5 Å². The second-order valence-corrected chi connectivity index (χ2v) is 6.98. The van der Waals surface area contributed by atoms with E-state index in [0.717, 1.165) is 17.7 Å². The number of aryl methyl sites for hydroxylation is 1. The number of hydrogen-bond acceptors (Lipinski definition) is 3. The van der Waals surface area contributed by atoms with Gasteiger partial charge in [0.2, 0.25) is 11.8 Å². The lowest BCUT2D eigenvalue weighted by molar-refractivity contribution is -0.126. The number of carbonyl (C=O) groups is 2. The van der Waals surface area contributed by atoms with Crippen molar-refractivity contribution in [2.24, 2.45) is 5.92 Å². The molecule has 7 heteroatoms. The number of carbonyl (C=O) groups excluding carboxylic acids is 2. The van der Waals surface area contributed by atoms with Gasteiger partial charge in [0.25, 0.3) is 0 Å². The fourth-order valence-electron chi connectivity index (χ4n) is 3.39. The predicted molar refractivity (Wildman–Crippen MR) is 101 cm³/mol. The van der Waals surface area contributed by atoms with E-state index in [1.807, 2.05) is 19.1 Å². The van der Waals surface area contributed by atoms with Gasteiger partial charge in [-0.2, -0.15) is 0 Å². The third-order valence-electron chi connectivity index (χ3n) is 4.91. The Morgan fingerprint density at radius 2 is 2.00 bits per heavy atom. The highest BCUT2D eigenvalue weighted by molar-refractivity contribution is 6.01. The molecule has 1 heterocycles. The van der Waals surface area contributed by atoms with Crippen molar-refractivity contribution in [3.63, 3.8) is 0 Å². The van der Waals surface area contributed by atoms with Crippen molar-refractivity contribution in [2.75, 3.05) is 18.6 Å². The Labute approximate surface area is 162 Å². The summed E-state index contributed by atoms with van der Waals surface area (Å²) in [5.41, 5.74) is 1.79. The topological polar surface area (TPSA) is 58.6 Å². The summed E-state index contributed by atoms with van der Waals surface area (Å²) in [6.07, 6.45) is 0.0571. The number of benzene rings is 2. The van der Waals surface area contributed by atoms with Gasteiger partial charge in [-0.15, -0.1) is 0 Å². The summed E-state index contributed by atoms with van der Waals surface area (Å²) in [7, 11) is 1.53. The molecule has 28 heavy (non-hydrogen) atoms. The zero-order valence-electron chi connectivity index (χ0n) is 16.0. The molecule has 2 amide bonds. The van der Waals surface area contributed by atoms with Gasteiger partial charge in [0.1, 0.15) is 17.4 Å². The van der Waals surface area contributed by atoms with Gasteiger partial charge >= 0.3 is 0 Å². The Morgan fingerprint density at radius 3 is 2.68 bits per heavy atom. The minimum Gasteiger partial charge on any atom is -0.495 e. The second-order valence-electron chi connectivity index (χ2n) is 6.98. The molecule has 0 radical (unpaired) electrons. The summed E-state index contributed by atoms with van der Waals surface area (Å²) in [5.74, 6) is -1.93. The molecular weight excluding hydrogens is 366 g/mol. The molecular formula is C21H22F2N2O3. The highest BCUT2D eigenvalue weighted by Crippen LogP contribution is 2.34. The van der Waals surface area contributed by atoms with E-state index in [-0.39, 0.29) is 30.3 Å². The Morgan fingerprint density at radius 1 is 1.25 bits per heavy atom. The first-order valence-electron chi connectivity index (χ1n) is 9.00. The average molecular weight is 388 g/mol. The van der Waals surface area contributed by atoms with Crippen LogP contribution >= 0.6 is 0 Å². The number of rotatable bonds is 5. The predicted octanol–water partition coefficient (Wildman–Crippen LogP) is 3.51. The van der Waals surface area contributed by atoms with Crippen LogP contribution in [0.15, 0.2) is 36.4 Å². The Balaban J connectivity index is 1.73. The first-order chi connectivity index (χ1) is 13.3. The van der Waals surface area contributed by atoms with E-state index in [1.54, 1.807) is 17.9 Å². The van der Waals surface area contributed by atoms with E-state index in [4.69, 9.17) is 4.74 Å². The number of hydrogen-bond donors (Lipinski definition) is 1. The smallest absolute Gasteiger partial charge is 0.227 e. The zero-order valence-corrected chi connectivity index (χ0v) is 16.0. The molecule has 0 spiro atoms. The summed E-state index contributed by atoms with van der Waals surface area (Å²) in [6, 6.07) is 8.09. The van der Waals surface area contributed by atoms with Gasteiger partial charge in [-0.25, -0.2) is 8.78 Å². The standard InChI is InChI=1S/C21H22F2N2O3/c1-12-4-7-19(28-3)18(8-12)25-11-14(9-20(25)26)21(27)24-13(2)16-6-5-15(22)10-17(16)23/h4-8,10,13-14H,9,11H2,1-3H3,(H,24,27). The third kappa shape index (κ3) is 3.98. The Hall–Kier alpha value is -2.96. The minimum absolute atomic E-state index is 0.0571. The van der Waals surface area contributed by atoms with Crippen LogP contribution in [0.1, 0.15) is 30.5 Å². The fourth-order valence-corrected chi connectivity index (χ4v) is 3.39. The number of amides is 2. The highest BCUT2D eigenvalue weighted by atomic mass is 19.1. The van der Waals surface area contributed by atoms with Crippen LogP contribution in [0.2, 0.25) is 0 Å². The summed E-state index contributed by atoms with van der Waals surface area (Å²) in [5, 5.41) is 2.72. The molecule has 1 aliphatic rings. The molecule has 0 aliphatic carbocycles. The summed E-state index contributed by atoms with van der Waals surface area (Å²) in [6.45, 7) is 3.74. The Kier molecular flexibility index (Phi) is 5.63. The van der Waals surface area contributed by atoms with E-state index >= 15 is 0 Å². The number of anilines is 1. The quantitative estimate of drug-likeness (QED) is 0.853. The van der Waals surface area contributed by atoms with E-state index in [2.05, 4.69) is 5.32 Å². The van der Waals surface area contributed by atoms with Crippen molar-refractivity contribution in [1.29, 1.82) is 0 Å². The van der Waals surface area contributed by atoms with Crippen LogP contribution in [0.3, 0.4) is 0 Å². The first-order valence-corrected chi connectivity index (χ1v) is 9.00. The number of nitrogens with zero attached hydrogens (tertiary/aromatic N) is 1. The summed E-state index contributed by atoms with van der Waals surface area (Å²) in [4.78, 5) is 26.7. The molecule has 1 fully saturated rings. The summed E-state index contributed by atoms with van der Waals surface area (Å²) >= 11 is 0. The zero-order chi connectivity index (χ0) is 20.4. The molecule has 0 aromatic heterocycles. The van der Waals surface area contributed by atoms with E-state index in [9.17, 15) is 18.4 Å². The number of halogens is 2. The lowest BCUT2D eigenvalue weighted by Crippen LogP contribution is -2.35. The van der Waals surface area contributed by atoms with E-state index < -0.39 is 23.6 Å². The van der Waals surface area contributed by atoms with Crippen LogP contribution in [0.4, 0.5) is 14.5 Å². The molecule has 3 rings (SSSR count). The van der Waals surface area contributed by atoms with Gasteiger partial charge in [-0.05, 0) is 37.6 Å². The number of methoxy groups -OCH3 is 1. The van der Waals surface area contributed by atoms with Crippen LogP contribution in [-0.2, 0) is 9.59 Å². The number of nitrogens with one attached hydrogen (secondary N) is 1. The minimum atomic E-state index is -0.721. The van der Waals surface area contributed by atoms with Crippen LogP contribution in [0, 0.1) is 24.5 Å². The van der Waals surface area contributed by atoms with E-state index in [1.165, 1.54) is 13.2 Å². The average Bonchev–Trinajstić information content (AvgIpc) is 3.03. The maximum atomic E-state index is 13.9. The monoisotopic (exact) mass is 388 g/mol. The maximum Gasteiger partial charge on any atom is 0.227 e. The number of ether oxygens (including phenoxy) is 1. The lowest BCUT2D eigenvalue weighted by Gasteiger charge is -2.21. The summed E-state index contributed by atoms with van der Waals surface area (Å²) < 4.78 is 32.3. The molecule has 0 saturated carbocycles. The molecule has 2 aromatic rings. The SMILES string of the molecule is COc1ccc(C)cc1N1CC(C(=O)NC(C)c2ccc(F)cc2F)CC1=O. The molecule has 0 bridgehead atoms. The molecule has 2 atom stereocenters. The first kappa shape index (κ1) is 19.8. The second kappa shape index (κ2) is 7.96. The van der Waals surface area contributed by atoms with Crippen molar-refractivity contribution in [3.05, 3.63) is 59.2 Å². The van der Waals surface area contributed by atoms with Gasteiger partial charge in [-0.1, -0.05) is 12.1 Å². The van der Waals surface area contributed by atoms with Crippen LogP contribution in [0.25, 0.3) is 0 Å². The van der Waals surface area contributed by atoms with Crippen molar-refractivity contribution in [3.8, 4) is 5.75 Å². The van der Waals surface area contributed by atoms with Gasteiger partial charge in [-0.3, -0.25) is 9.59 Å². The molecule has 1 N–H and O–H groups in total. The molecule has 2 unspecified atom stereocenters. The normalized spacial score (nSPS) is 17.5. The molecule has 5 nitrogen and oxygen atoms in total. The molecule has 1 saturated heterocycles. The Bertz CT molecular complexity index is 917. The van der Waals surface area contributed by atoms with Gasteiger partial charge in [0.05, 0.1) is 24.8 Å². The van der Waals surface area contributed by atoms with E-state index in [0.29, 0.717) is 11.4 Å². The molecule has 1 aliphatic heterocycles. The third-order valence-corrected chi connectivity index (χ3v) is 4.91. The highest BCUT2D eigenvalue weighted by Gasteiger charge is 2.36. The lowest BCUT2D eigenvalue weighted by atomic mass is 10.0. The largest absolute Gasteiger partial charge is 0.495 e. The van der Waals surface area contributed by atoms with Crippen molar-refractivity contribution in [2.45, 2.75) is 26.3 Å². The molecule has 2 aromatic carbocycles. The molecule has 148 valence electrons.